The second-order valence-corrected chi connectivity index (χ2v) is 7.56. The number of aryl methyl sites for hydroxylation is 3. The van der Waals surface area contributed by atoms with E-state index in [1.165, 1.54) is 6.42 Å². The van der Waals surface area contributed by atoms with Gasteiger partial charge in [0.1, 0.15) is 11.6 Å². The van der Waals surface area contributed by atoms with E-state index in [4.69, 9.17) is 9.72 Å². The fourth-order valence-corrected chi connectivity index (χ4v) is 3.66. The third kappa shape index (κ3) is 4.62. The Morgan fingerprint density at radius 2 is 2.00 bits per heavy atom. The molecule has 7 heteroatoms. The Morgan fingerprint density at radius 1 is 1.17 bits per heavy atom. The van der Waals surface area contributed by atoms with Crippen molar-refractivity contribution in [1.29, 1.82) is 0 Å². The molecule has 7 nitrogen and oxygen atoms in total. The van der Waals surface area contributed by atoms with Crippen LogP contribution in [0.5, 0.6) is 5.75 Å². The molecule has 0 bridgehead atoms. The molecule has 2 aromatic carbocycles. The van der Waals surface area contributed by atoms with Crippen LogP contribution < -0.4 is 15.0 Å². The predicted molar refractivity (Wildman–Crippen MR) is 117 cm³/mol. The Hall–Kier alpha value is -3.35. The molecule has 1 N–H and O–H groups in total. The van der Waals surface area contributed by atoms with Crippen molar-refractivity contribution >= 4 is 17.4 Å². The summed E-state index contributed by atoms with van der Waals surface area (Å²) in [6, 6.07) is 15.0. The van der Waals surface area contributed by atoms with Gasteiger partial charge in [-0.25, -0.2) is 14.5 Å². The van der Waals surface area contributed by atoms with E-state index in [2.05, 4.69) is 10.4 Å². The van der Waals surface area contributed by atoms with Crippen molar-refractivity contribution in [3.8, 4) is 5.75 Å². The van der Waals surface area contributed by atoms with Gasteiger partial charge in [0.2, 0.25) is 0 Å². The third-order valence-electron chi connectivity index (χ3n) is 5.26. The summed E-state index contributed by atoms with van der Waals surface area (Å²) >= 11 is 0. The van der Waals surface area contributed by atoms with Gasteiger partial charge in [-0.15, -0.1) is 0 Å². The van der Waals surface area contributed by atoms with Crippen LogP contribution in [0.15, 0.2) is 48.5 Å². The number of anilines is 2. The fraction of sp³-hybridized carbons (Fsp3) is 0.348. The van der Waals surface area contributed by atoms with Crippen molar-refractivity contribution in [2.24, 2.45) is 0 Å². The zero-order valence-electron chi connectivity index (χ0n) is 17.5. The highest BCUT2D eigenvalue weighted by Crippen LogP contribution is 2.22. The van der Waals surface area contributed by atoms with Gasteiger partial charge >= 0.3 is 6.03 Å². The number of hydrogen-bond donors (Lipinski definition) is 1. The lowest BCUT2D eigenvalue weighted by molar-refractivity contribution is 0.256. The van der Waals surface area contributed by atoms with Crippen LogP contribution in [0.3, 0.4) is 0 Å². The van der Waals surface area contributed by atoms with E-state index >= 15 is 0 Å². The number of rotatable bonds is 5. The Labute approximate surface area is 176 Å². The number of nitrogens with one attached hydrogen (secondary N) is 1. The molecule has 3 aromatic rings. The smallest absolute Gasteiger partial charge is 0.326 e. The molecule has 30 heavy (non-hydrogen) atoms. The summed E-state index contributed by atoms with van der Waals surface area (Å²) in [5.74, 6) is 2.42. The number of methoxy groups -OCH3 is 1. The van der Waals surface area contributed by atoms with Crippen LogP contribution in [0.4, 0.5) is 16.2 Å². The second-order valence-electron chi connectivity index (χ2n) is 7.56. The molecule has 4 rings (SSSR count). The van der Waals surface area contributed by atoms with Crippen molar-refractivity contribution in [3.63, 3.8) is 0 Å². The average Bonchev–Trinajstić information content (AvgIpc) is 3.01. The molecule has 1 aliphatic heterocycles. The monoisotopic (exact) mass is 405 g/mol. The summed E-state index contributed by atoms with van der Waals surface area (Å²) in [7, 11) is 1.62. The Kier molecular flexibility index (Phi) is 5.97. The van der Waals surface area contributed by atoms with Gasteiger partial charge in [0.25, 0.3) is 0 Å². The van der Waals surface area contributed by atoms with Gasteiger partial charge in [-0.05, 0) is 61.7 Å². The standard InChI is InChI=1S/C23H27N5O2/c1-17-7-6-8-19(15-17)27(23(29)24-18-10-12-20(30-2)13-11-18)16-21-25-22-9-4-3-5-14-28(22)26-21/h6-8,10-13,15H,3-5,9,14,16H2,1-2H3,(H,24,29). The summed E-state index contributed by atoms with van der Waals surface area (Å²) in [5, 5.41) is 7.65. The fourth-order valence-electron chi connectivity index (χ4n) is 3.66. The third-order valence-corrected chi connectivity index (χ3v) is 5.26. The first kappa shape index (κ1) is 19.9. The lowest BCUT2D eigenvalue weighted by Gasteiger charge is -2.22. The number of urea groups is 1. The van der Waals surface area contributed by atoms with Gasteiger partial charge in [0, 0.05) is 24.3 Å². The van der Waals surface area contributed by atoms with Gasteiger partial charge in [0.05, 0.1) is 13.7 Å². The maximum atomic E-state index is 13.2. The normalized spacial score (nSPS) is 13.3. The number of nitrogens with zero attached hydrogens (tertiary/aromatic N) is 4. The number of ether oxygens (including phenoxy) is 1. The highest BCUT2D eigenvalue weighted by Gasteiger charge is 2.21. The summed E-state index contributed by atoms with van der Waals surface area (Å²) < 4.78 is 7.19. The van der Waals surface area contributed by atoms with E-state index in [9.17, 15) is 4.79 Å². The van der Waals surface area contributed by atoms with E-state index in [1.807, 2.05) is 60.1 Å². The Balaban J connectivity index is 1.58. The van der Waals surface area contributed by atoms with Crippen LogP contribution in [0.25, 0.3) is 0 Å². The van der Waals surface area contributed by atoms with Crippen molar-refractivity contribution in [2.45, 2.75) is 45.7 Å². The van der Waals surface area contributed by atoms with Crippen LogP contribution in [0, 0.1) is 6.92 Å². The summed E-state index contributed by atoms with van der Waals surface area (Å²) in [5.41, 5.74) is 2.60. The average molecular weight is 406 g/mol. The maximum absolute atomic E-state index is 13.2. The molecule has 0 saturated carbocycles. The van der Waals surface area contributed by atoms with Gasteiger partial charge in [-0.3, -0.25) is 4.90 Å². The molecule has 2 heterocycles. The largest absolute Gasteiger partial charge is 0.497 e. The van der Waals surface area contributed by atoms with E-state index in [0.29, 0.717) is 18.1 Å². The number of amides is 2. The number of hydrogen-bond acceptors (Lipinski definition) is 4. The van der Waals surface area contributed by atoms with Gasteiger partial charge < -0.3 is 10.1 Å². The van der Waals surface area contributed by atoms with Gasteiger partial charge in [0.15, 0.2) is 5.82 Å². The number of carbonyl (C=O) groups excluding carboxylic acids is 1. The highest BCUT2D eigenvalue weighted by molar-refractivity contribution is 6.01. The maximum Gasteiger partial charge on any atom is 0.326 e. The molecule has 0 aliphatic carbocycles. The SMILES string of the molecule is COc1ccc(NC(=O)N(Cc2nc3n(n2)CCCCC3)c2cccc(C)c2)cc1. The first-order valence-corrected chi connectivity index (χ1v) is 10.3. The Morgan fingerprint density at radius 3 is 2.77 bits per heavy atom. The minimum absolute atomic E-state index is 0.226. The molecule has 0 radical (unpaired) electrons. The van der Waals surface area contributed by atoms with E-state index in [1.54, 1.807) is 12.0 Å². The summed E-state index contributed by atoms with van der Waals surface area (Å²) in [6.07, 6.45) is 4.41. The number of fused-ring (bicyclic) bond motifs is 1. The second kappa shape index (κ2) is 8.98. The summed E-state index contributed by atoms with van der Waals surface area (Å²) in [6.45, 7) is 3.22. The molecule has 0 unspecified atom stereocenters. The van der Waals surface area contributed by atoms with E-state index in [0.717, 1.165) is 48.6 Å². The quantitative estimate of drug-likeness (QED) is 0.675. The van der Waals surface area contributed by atoms with Crippen molar-refractivity contribution in [1.82, 2.24) is 14.8 Å². The van der Waals surface area contributed by atoms with Crippen molar-refractivity contribution in [3.05, 3.63) is 65.7 Å². The first-order valence-electron chi connectivity index (χ1n) is 10.3. The molecule has 1 aliphatic rings. The summed E-state index contributed by atoms with van der Waals surface area (Å²) in [4.78, 5) is 19.6. The molecule has 0 atom stereocenters. The van der Waals surface area contributed by atoms with Gasteiger partial charge in [-0.2, -0.15) is 5.10 Å². The minimum Gasteiger partial charge on any atom is -0.497 e. The Bertz CT molecular complexity index is 989. The molecule has 156 valence electrons. The molecule has 1 aromatic heterocycles. The topological polar surface area (TPSA) is 72.3 Å². The van der Waals surface area contributed by atoms with E-state index in [-0.39, 0.29) is 6.03 Å². The van der Waals surface area contributed by atoms with Crippen LogP contribution in [-0.2, 0) is 19.5 Å². The van der Waals surface area contributed by atoms with Crippen LogP contribution in [0.2, 0.25) is 0 Å². The number of carbonyl (C=O) groups is 1. The molecule has 0 fully saturated rings. The van der Waals surface area contributed by atoms with Gasteiger partial charge in [-0.1, -0.05) is 18.6 Å². The highest BCUT2D eigenvalue weighted by atomic mass is 16.5. The van der Waals surface area contributed by atoms with Crippen LogP contribution in [-0.4, -0.2) is 27.9 Å². The number of aromatic nitrogens is 3. The molecule has 0 spiro atoms. The predicted octanol–water partition coefficient (Wildman–Crippen LogP) is 4.56. The molecule has 2 amide bonds. The lowest BCUT2D eigenvalue weighted by Crippen LogP contribution is -2.35. The van der Waals surface area contributed by atoms with Crippen molar-refractivity contribution in [2.75, 3.05) is 17.3 Å². The molecular formula is C23H27N5O2. The van der Waals surface area contributed by atoms with E-state index < -0.39 is 0 Å². The zero-order valence-corrected chi connectivity index (χ0v) is 17.5. The molecular weight excluding hydrogens is 378 g/mol. The zero-order chi connectivity index (χ0) is 20.9. The van der Waals surface area contributed by atoms with Crippen LogP contribution in [0.1, 0.15) is 36.5 Å². The first-order chi connectivity index (χ1) is 14.6. The lowest BCUT2D eigenvalue weighted by atomic mass is 10.2. The van der Waals surface area contributed by atoms with Crippen LogP contribution >= 0.6 is 0 Å². The molecule has 0 saturated heterocycles. The van der Waals surface area contributed by atoms with Crippen molar-refractivity contribution < 1.29 is 9.53 Å². The number of benzene rings is 2. The minimum atomic E-state index is -0.226.